The fraction of sp³-hybridized carbons (Fsp3) is 0.667. The lowest BCUT2D eigenvalue weighted by molar-refractivity contribution is 0.0894. The number of rotatable bonds is 4. The molecule has 0 saturated carbocycles. The topological polar surface area (TPSA) is 41.6 Å². The molecule has 1 aromatic rings. The normalized spacial score (nSPS) is 18.1. The summed E-state index contributed by atoms with van der Waals surface area (Å²) in [4.78, 5) is 0. The van der Waals surface area contributed by atoms with E-state index in [-0.39, 0.29) is 12.0 Å². The summed E-state index contributed by atoms with van der Waals surface area (Å²) in [6.45, 7) is 0. The van der Waals surface area contributed by atoms with Gasteiger partial charge in [0.2, 0.25) is 0 Å². The molecule has 0 radical (unpaired) electrons. The third kappa shape index (κ3) is 2.23. The fourth-order valence-electron chi connectivity index (χ4n) is 0.917. The van der Waals surface area contributed by atoms with Gasteiger partial charge in [0.1, 0.15) is 19.7 Å². The molecule has 0 aliphatic carbocycles. The van der Waals surface area contributed by atoms with Gasteiger partial charge >= 0.3 is 0 Å². The molecule has 0 saturated heterocycles. The van der Waals surface area contributed by atoms with E-state index in [4.69, 9.17) is 0 Å². The van der Waals surface area contributed by atoms with Crippen molar-refractivity contribution in [2.45, 2.75) is 24.8 Å². The second-order valence-electron chi connectivity index (χ2n) is 2.67. The summed E-state index contributed by atoms with van der Waals surface area (Å²) < 4.78 is 38.7. The van der Waals surface area contributed by atoms with Gasteiger partial charge in [0.15, 0.2) is 12.3 Å². The first-order chi connectivity index (χ1) is 6.16. The van der Waals surface area contributed by atoms with Crippen molar-refractivity contribution in [3.8, 4) is 0 Å². The molecule has 0 aliphatic heterocycles. The van der Waals surface area contributed by atoms with Crippen molar-refractivity contribution in [3.63, 3.8) is 0 Å². The number of nitrogens with zero attached hydrogens (tertiary/aromatic N) is 2. The van der Waals surface area contributed by atoms with E-state index in [1.807, 2.05) is 0 Å². The third-order valence-corrected chi connectivity index (χ3v) is 1.73. The van der Waals surface area contributed by atoms with Crippen LogP contribution in [0.4, 0.5) is 13.2 Å². The molecule has 0 aliphatic rings. The van der Waals surface area contributed by atoms with Crippen LogP contribution in [0.1, 0.15) is 11.9 Å². The van der Waals surface area contributed by atoms with Crippen LogP contribution in [-0.4, -0.2) is 35.6 Å². The molecule has 0 bridgehead atoms. The molecule has 0 amide bonds. The predicted octanol–water partition coefficient (Wildman–Crippen LogP) is 0.543. The van der Waals surface area contributed by atoms with Crippen LogP contribution in [0.15, 0.2) is 6.20 Å². The molecular formula is C6H9BF3N3. The monoisotopic (exact) mass is 191 g/mol. The van der Waals surface area contributed by atoms with Crippen LogP contribution in [0.2, 0.25) is 6.32 Å². The van der Waals surface area contributed by atoms with Crippen LogP contribution >= 0.6 is 0 Å². The van der Waals surface area contributed by atoms with Crippen molar-refractivity contribution in [1.29, 1.82) is 0 Å². The third-order valence-electron chi connectivity index (χ3n) is 1.73. The lowest BCUT2D eigenvalue weighted by atomic mass is 9.95. The van der Waals surface area contributed by atoms with Crippen LogP contribution < -0.4 is 0 Å². The molecule has 72 valence electrons. The maximum atomic E-state index is 13.1. The number of aromatic nitrogens is 3. The minimum Gasteiger partial charge on any atom is -0.265 e. The molecule has 1 rings (SSSR count). The Morgan fingerprint density at radius 3 is 2.62 bits per heavy atom. The van der Waals surface area contributed by atoms with Crippen LogP contribution in [0.3, 0.4) is 0 Å². The Bertz CT molecular complexity index is 243. The highest BCUT2D eigenvalue weighted by Gasteiger charge is 2.31. The van der Waals surface area contributed by atoms with E-state index in [0.717, 1.165) is 6.20 Å². The quantitative estimate of drug-likeness (QED) is 0.705. The summed E-state index contributed by atoms with van der Waals surface area (Å²) in [6, 6.07) is 0. The summed E-state index contributed by atoms with van der Waals surface area (Å²) in [6.07, 6.45) is -4.96. The lowest BCUT2D eigenvalue weighted by Crippen LogP contribution is -2.22. The molecule has 13 heavy (non-hydrogen) atoms. The van der Waals surface area contributed by atoms with Gasteiger partial charge < -0.3 is 0 Å². The molecular weight excluding hydrogens is 182 g/mol. The number of halogens is 3. The van der Waals surface area contributed by atoms with Crippen molar-refractivity contribution in [1.82, 2.24) is 15.4 Å². The van der Waals surface area contributed by atoms with Gasteiger partial charge in [-0.25, -0.2) is 13.2 Å². The van der Waals surface area contributed by atoms with E-state index >= 15 is 0 Å². The number of hydrogen-bond acceptors (Lipinski definition) is 2. The minimum absolute atomic E-state index is 0.0561. The van der Waals surface area contributed by atoms with Gasteiger partial charge in [-0.05, 0) is 6.32 Å². The molecule has 1 aromatic heterocycles. The minimum atomic E-state index is -2.17. The first-order valence-corrected chi connectivity index (χ1v) is 3.95. The zero-order chi connectivity index (χ0) is 9.84. The van der Waals surface area contributed by atoms with Crippen molar-refractivity contribution in [3.05, 3.63) is 11.9 Å². The Morgan fingerprint density at radius 1 is 1.46 bits per heavy atom. The van der Waals surface area contributed by atoms with Gasteiger partial charge in [0, 0.05) is 6.20 Å². The number of H-pyrrole nitrogens is 1. The maximum Gasteiger partial charge on any atom is 0.179 e. The lowest BCUT2D eigenvalue weighted by Gasteiger charge is -2.13. The van der Waals surface area contributed by atoms with Gasteiger partial charge in [0.05, 0.1) is 0 Å². The molecule has 0 fully saturated rings. The van der Waals surface area contributed by atoms with E-state index in [2.05, 4.69) is 15.4 Å². The molecule has 1 N–H and O–H groups in total. The SMILES string of the molecule is BCC(F)C(F)C(F)c1c[nH]nn1. The highest BCUT2D eigenvalue weighted by molar-refractivity contribution is 6.08. The Kier molecular flexibility index (Phi) is 3.33. The van der Waals surface area contributed by atoms with Crippen LogP contribution in [0, 0.1) is 0 Å². The average molecular weight is 191 g/mol. The van der Waals surface area contributed by atoms with Gasteiger partial charge in [-0.15, -0.1) is 5.10 Å². The number of nitrogens with one attached hydrogen (secondary N) is 1. The Morgan fingerprint density at radius 2 is 2.15 bits per heavy atom. The number of aromatic amines is 1. The molecule has 3 atom stereocenters. The highest BCUT2D eigenvalue weighted by Crippen LogP contribution is 2.26. The summed E-state index contributed by atoms with van der Waals surface area (Å²) in [5, 5.41) is 8.71. The van der Waals surface area contributed by atoms with Crippen molar-refractivity contribution in [2.75, 3.05) is 0 Å². The second-order valence-corrected chi connectivity index (χ2v) is 2.67. The van der Waals surface area contributed by atoms with Crippen LogP contribution in [-0.2, 0) is 0 Å². The Hall–Kier alpha value is -1.01. The summed E-state index contributed by atoms with van der Waals surface area (Å²) in [5.74, 6) is 0. The van der Waals surface area contributed by atoms with E-state index in [1.54, 1.807) is 0 Å². The smallest absolute Gasteiger partial charge is 0.179 e. The number of alkyl halides is 3. The number of hydrogen-bond donors (Lipinski definition) is 1. The molecule has 3 nitrogen and oxygen atoms in total. The van der Waals surface area contributed by atoms with E-state index in [1.165, 1.54) is 7.85 Å². The van der Waals surface area contributed by atoms with Crippen molar-refractivity contribution in [2.24, 2.45) is 0 Å². The molecule has 0 spiro atoms. The van der Waals surface area contributed by atoms with Gasteiger partial charge in [-0.3, -0.25) is 5.10 Å². The van der Waals surface area contributed by atoms with Crippen molar-refractivity contribution >= 4 is 7.85 Å². The van der Waals surface area contributed by atoms with E-state index in [0.29, 0.717) is 0 Å². The van der Waals surface area contributed by atoms with Gasteiger partial charge in [0.25, 0.3) is 0 Å². The Labute approximate surface area is 74.1 Å². The van der Waals surface area contributed by atoms with Crippen LogP contribution in [0.5, 0.6) is 0 Å². The van der Waals surface area contributed by atoms with Gasteiger partial charge in [-0.2, -0.15) is 0 Å². The first kappa shape index (κ1) is 10.1. The Balaban J connectivity index is 2.62. The summed E-state index contributed by atoms with van der Waals surface area (Å²) >= 11 is 0. The zero-order valence-electron chi connectivity index (χ0n) is 7.04. The summed E-state index contributed by atoms with van der Waals surface area (Å²) in [7, 11) is 1.45. The van der Waals surface area contributed by atoms with Crippen LogP contribution in [0.25, 0.3) is 0 Å². The molecule has 1 heterocycles. The molecule has 3 unspecified atom stereocenters. The highest BCUT2D eigenvalue weighted by atomic mass is 19.2. The second kappa shape index (κ2) is 4.29. The van der Waals surface area contributed by atoms with E-state index < -0.39 is 18.5 Å². The molecule has 7 heteroatoms. The maximum absolute atomic E-state index is 13.1. The largest absolute Gasteiger partial charge is 0.265 e. The first-order valence-electron chi connectivity index (χ1n) is 3.95. The van der Waals surface area contributed by atoms with E-state index in [9.17, 15) is 13.2 Å². The molecule has 0 aromatic carbocycles. The average Bonchev–Trinajstić information content (AvgIpc) is 2.67. The fourth-order valence-corrected chi connectivity index (χ4v) is 0.917. The van der Waals surface area contributed by atoms with Crippen molar-refractivity contribution < 1.29 is 13.2 Å². The zero-order valence-corrected chi connectivity index (χ0v) is 7.04. The van der Waals surface area contributed by atoms with Gasteiger partial charge in [-0.1, -0.05) is 5.21 Å². The predicted molar refractivity (Wildman–Crippen MR) is 43.4 cm³/mol. The standard InChI is InChI=1S/C6H9BF3N3/c7-1-3(8)5(9)6(10)4-2-11-13-12-4/h2-3,5-6H,1,7H2,(H,11,12,13). The summed E-state index contributed by atoms with van der Waals surface area (Å²) in [5.41, 5.74) is -0.205.